The van der Waals surface area contributed by atoms with Crippen LogP contribution in [0.4, 0.5) is 17.2 Å². The van der Waals surface area contributed by atoms with Gasteiger partial charge < -0.3 is 19.9 Å². The van der Waals surface area contributed by atoms with Crippen LogP contribution in [0.1, 0.15) is 6.92 Å². The van der Waals surface area contributed by atoms with E-state index in [0.29, 0.717) is 6.61 Å². The molecule has 2 heterocycles. The van der Waals surface area contributed by atoms with Crippen LogP contribution in [0.15, 0.2) is 48.7 Å². The van der Waals surface area contributed by atoms with Crippen LogP contribution in [0.3, 0.4) is 0 Å². The third-order valence-electron chi connectivity index (χ3n) is 4.22. The van der Waals surface area contributed by atoms with Gasteiger partial charge in [0, 0.05) is 31.9 Å². The highest BCUT2D eigenvalue weighted by Gasteiger charge is 2.18. The minimum absolute atomic E-state index is 0.157. The van der Waals surface area contributed by atoms with Crippen LogP contribution in [0.25, 0.3) is 0 Å². The number of aromatic nitrogens is 1. The second-order valence-corrected chi connectivity index (χ2v) is 5.87. The molecule has 0 unspecified atom stereocenters. The molecule has 1 saturated heterocycles. The number of hydrogen-bond acceptors (Lipinski definition) is 6. The Morgan fingerprint density at radius 1 is 1.08 bits per heavy atom. The Kier molecular flexibility index (Phi) is 5.72. The van der Waals surface area contributed by atoms with Crippen molar-refractivity contribution in [3.8, 4) is 0 Å². The first-order valence-corrected chi connectivity index (χ1v) is 8.67. The molecule has 0 aliphatic carbocycles. The molecule has 0 spiro atoms. The van der Waals surface area contributed by atoms with E-state index in [0.717, 1.165) is 37.7 Å². The first-order valence-electron chi connectivity index (χ1n) is 8.67. The lowest BCUT2D eigenvalue weighted by Gasteiger charge is -2.36. The molecule has 1 N–H and O–H groups in total. The number of nitrogens with one attached hydrogen (secondary N) is 1. The van der Waals surface area contributed by atoms with Gasteiger partial charge in [-0.15, -0.1) is 0 Å². The van der Waals surface area contributed by atoms with Gasteiger partial charge in [0.25, 0.3) is 0 Å². The van der Waals surface area contributed by atoms with Gasteiger partial charge in [-0.05, 0) is 31.2 Å². The standard InChI is InChI=1S/C19H24N4O2/c1-2-25-19(24)15-20-16-8-9-18(21-14-16)23-12-10-22(11-13-23)17-6-4-3-5-7-17/h3-9,14,20H,2,10-13,15H2,1H3. The Labute approximate surface area is 148 Å². The van der Waals surface area contributed by atoms with E-state index in [1.807, 2.05) is 18.2 Å². The summed E-state index contributed by atoms with van der Waals surface area (Å²) in [6.45, 7) is 6.20. The predicted octanol–water partition coefficient (Wildman–Crippen LogP) is 2.38. The molecule has 1 fully saturated rings. The van der Waals surface area contributed by atoms with Crippen molar-refractivity contribution in [2.45, 2.75) is 6.92 Å². The minimum Gasteiger partial charge on any atom is -0.465 e. The molecule has 3 rings (SSSR count). The molecule has 1 aromatic heterocycles. The second-order valence-electron chi connectivity index (χ2n) is 5.87. The van der Waals surface area contributed by atoms with Crippen LogP contribution in [0, 0.1) is 0 Å². The molecule has 25 heavy (non-hydrogen) atoms. The second kappa shape index (κ2) is 8.37. The summed E-state index contributed by atoms with van der Waals surface area (Å²) in [4.78, 5) is 20.6. The van der Waals surface area contributed by atoms with E-state index in [2.05, 4.69) is 44.4 Å². The summed E-state index contributed by atoms with van der Waals surface area (Å²) in [7, 11) is 0. The topological polar surface area (TPSA) is 57.7 Å². The lowest BCUT2D eigenvalue weighted by Crippen LogP contribution is -2.46. The van der Waals surface area contributed by atoms with Crippen LogP contribution in [-0.4, -0.2) is 50.3 Å². The molecule has 1 aliphatic rings. The monoisotopic (exact) mass is 340 g/mol. The van der Waals surface area contributed by atoms with Crippen molar-refractivity contribution < 1.29 is 9.53 Å². The highest BCUT2D eigenvalue weighted by molar-refractivity contribution is 5.74. The molecule has 0 radical (unpaired) electrons. The van der Waals surface area contributed by atoms with E-state index in [1.54, 1.807) is 13.1 Å². The fraction of sp³-hybridized carbons (Fsp3) is 0.368. The number of para-hydroxylation sites is 1. The normalized spacial score (nSPS) is 14.3. The molecule has 0 atom stereocenters. The van der Waals surface area contributed by atoms with Crippen molar-refractivity contribution in [2.75, 3.05) is 54.4 Å². The summed E-state index contributed by atoms with van der Waals surface area (Å²) in [5.74, 6) is 0.706. The average Bonchev–Trinajstić information content (AvgIpc) is 2.68. The van der Waals surface area contributed by atoms with Crippen molar-refractivity contribution in [2.24, 2.45) is 0 Å². The van der Waals surface area contributed by atoms with E-state index < -0.39 is 0 Å². The molecular weight excluding hydrogens is 316 g/mol. The first-order chi connectivity index (χ1) is 12.3. The summed E-state index contributed by atoms with van der Waals surface area (Å²) < 4.78 is 4.89. The van der Waals surface area contributed by atoms with Crippen LogP contribution >= 0.6 is 0 Å². The lowest BCUT2D eigenvalue weighted by atomic mass is 10.2. The Balaban J connectivity index is 1.51. The van der Waals surface area contributed by atoms with Crippen LogP contribution in [-0.2, 0) is 9.53 Å². The van der Waals surface area contributed by atoms with Crippen molar-refractivity contribution >= 4 is 23.2 Å². The van der Waals surface area contributed by atoms with Crippen LogP contribution < -0.4 is 15.1 Å². The largest absolute Gasteiger partial charge is 0.465 e. The molecule has 2 aromatic rings. The number of benzene rings is 1. The number of hydrogen-bond donors (Lipinski definition) is 1. The number of ether oxygens (including phenoxy) is 1. The number of piperazine rings is 1. The summed E-state index contributed by atoms with van der Waals surface area (Å²) in [6.07, 6.45) is 1.76. The third-order valence-corrected chi connectivity index (χ3v) is 4.22. The number of nitrogens with zero attached hydrogens (tertiary/aromatic N) is 3. The van der Waals surface area contributed by atoms with Gasteiger partial charge in [0.1, 0.15) is 12.4 Å². The lowest BCUT2D eigenvalue weighted by molar-refractivity contribution is -0.140. The molecule has 1 aromatic carbocycles. The zero-order valence-electron chi connectivity index (χ0n) is 14.5. The number of carbonyl (C=O) groups excluding carboxylic acids is 1. The number of pyridine rings is 1. The Morgan fingerprint density at radius 2 is 1.80 bits per heavy atom. The van der Waals surface area contributed by atoms with Crippen molar-refractivity contribution in [3.63, 3.8) is 0 Å². The van der Waals surface area contributed by atoms with Crippen molar-refractivity contribution in [1.82, 2.24) is 4.98 Å². The van der Waals surface area contributed by atoms with Gasteiger partial charge in [-0.3, -0.25) is 4.79 Å². The van der Waals surface area contributed by atoms with Gasteiger partial charge in [-0.25, -0.2) is 4.98 Å². The Bertz CT molecular complexity index is 668. The Hall–Kier alpha value is -2.76. The zero-order chi connectivity index (χ0) is 17.5. The molecule has 1 aliphatic heterocycles. The zero-order valence-corrected chi connectivity index (χ0v) is 14.5. The number of rotatable bonds is 6. The van der Waals surface area contributed by atoms with E-state index in [1.165, 1.54) is 5.69 Å². The number of anilines is 3. The summed E-state index contributed by atoms with van der Waals surface area (Å²) >= 11 is 0. The van der Waals surface area contributed by atoms with Crippen molar-refractivity contribution in [3.05, 3.63) is 48.7 Å². The molecule has 6 heteroatoms. The highest BCUT2D eigenvalue weighted by atomic mass is 16.5. The Morgan fingerprint density at radius 3 is 2.44 bits per heavy atom. The molecule has 6 nitrogen and oxygen atoms in total. The number of esters is 1. The van der Waals surface area contributed by atoms with Gasteiger partial charge in [-0.1, -0.05) is 18.2 Å². The average molecular weight is 340 g/mol. The van der Waals surface area contributed by atoms with Crippen molar-refractivity contribution in [1.29, 1.82) is 0 Å². The molecule has 0 saturated carbocycles. The molecular formula is C19H24N4O2. The predicted molar refractivity (Wildman–Crippen MR) is 100 cm³/mol. The maximum atomic E-state index is 11.4. The van der Waals surface area contributed by atoms with E-state index >= 15 is 0 Å². The van der Waals surface area contributed by atoms with Crippen LogP contribution in [0.5, 0.6) is 0 Å². The minimum atomic E-state index is -0.261. The van der Waals surface area contributed by atoms with Gasteiger partial charge >= 0.3 is 5.97 Å². The van der Waals surface area contributed by atoms with Gasteiger partial charge in [0.05, 0.1) is 18.5 Å². The fourth-order valence-corrected chi connectivity index (χ4v) is 2.90. The summed E-state index contributed by atoms with van der Waals surface area (Å²) in [6, 6.07) is 14.4. The van der Waals surface area contributed by atoms with Gasteiger partial charge in [0.15, 0.2) is 0 Å². The highest BCUT2D eigenvalue weighted by Crippen LogP contribution is 2.19. The SMILES string of the molecule is CCOC(=O)CNc1ccc(N2CCN(c3ccccc3)CC2)nc1. The molecule has 0 amide bonds. The summed E-state index contributed by atoms with van der Waals surface area (Å²) in [5.41, 5.74) is 2.09. The van der Waals surface area contributed by atoms with E-state index in [9.17, 15) is 4.79 Å². The maximum Gasteiger partial charge on any atom is 0.325 e. The fourth-order valence-electron chi connectivity index (χ4n) is 2.90. The summed E-state index contributed by atoms with van der Waals surface area (Å²) in [5, 5.41) is 3.02. The molecule has 132 valence electrons. The van der Waals surface area contributed by atoms with Crippen LogP contribution in [0.2, 0.25) is 0 Å². The number of carbonyl (C=O) groups is 1. The molecule has 0 bridgehead atoms. The van der Waals surface area contributed by atoms with Gasteiger partial charge in [-0.2, -0.15) is 0 Å². The third kappa shape index (κ3) is 4.62. The van der Waals surface area contributed by atoms with Gasteiger partial charge in [0.2, 0.25) is 0 Å². The van der Waals surface area contributed by atoms with E-state index in [-0.39, 0.29) is 12.5 Å². The van der Waals surface area contributed by atoms with E-state index in [4.69, 9.17) is 4.74 Å². The maximum absolute atomic E-state index is 11.4. The smallest absolute Gasteiger partial charge is 0.325 e. The first kappa shape index (κ1) is 17.1. The quantitative estimate of drug-likeness (QED) is 0.815.